The summed E-state index contributed by atoms with van der Waals surface area (Å²) in [6.07, 6.45) is 2.78. The van der Waals surface area contributed by atoms with Crippen molar-refractivity contribution in [1.82, 2.24) is 9.88 Å². The minimum absolute atomic E-state index is 0.0719. The number of rotatable bonds is 2. The van der Waals surface area contributed by atoms with Crippen LogP contribution < -0.4 is 5.32 Å². The Hall–Kier alpha value is -2.45. The maximum absolute atomic E-state index is 12.3. The fourth-order valence-corrected chi connectivity index (χ4v) is 3.72. The summed E-state index contributed by atoms with van der Waals surface area (Å²) >= 11 is 1.90. The van der Waals surface area contributed by atoms with E-state index in [9.17, 15) is 4.79 Å². The first-order valence-corrected chi connectivity index (χ1v) is 9.02. The standard InChI is InChI=1S/C19H19N3OS/c1-22(18-10-12-24-14-18)19(23)21-17-7-4-5-15(13-17)8-9-16-6-2-3-11-20-16/h2-7,11,13,18H,10,12,14H2,1H3,(H,21,23)/t18-/m1/s1. The predicted molar refractivity (Wildman–Crippen MR) is 99.2 cm³/mol. The van der Waals surface area contributed by atoms with Gasteiger partial charge in [0.2, 0.25) is 0 Å². The molecule has 3 rings (SSSR count). The molecule has 2 heterocycles. The lowest BCUT2D eigenvalue weighted by molar-refractivity contribution is 0.209. The fourth-order valence-electron chi connectivity index (χ4n) is 2.45. The highest BCUT2D eigenvalue weighted by Gasteiger charge is 2.23. The van der Waals surface area contributed by atoms with Crippen molar-refractivity contribution in [1.29, 1.82) is 0 Å². The van der Waals surface area contributed by atoms with Crippen molar-refractivity contribution in [3.05, 3.63) is 59.9 Å². The highest BCUT2D eigenvalue weighted by Crippen LogP contribution is 2.22. The quantitative estimate of drug-likeness (QED) is 0.854. The molecule has 2 aromatic rings. The van der Waals surface area contributed by atoms with Gasteiger partial charge in [-0.3, -0.25) is 0 Å². The number of anilines is 1. The summed E-state index contributed by atoms with van der Waals surface area (Å²) in [5.41, 5.74) is 2.33. The number of urea groups is 1. The molecule has 1 saturated heterocycles. The Kier molecular flexibility index (Phi) is 5.39. The Labute approximate surface area is 146 Å². The normalized spacial score (nSPS) is 16.1. The van der Waals surface area contributed by atoms with Crippen LogP contribution in [0.25, 0.3) is 0 Å². The number of benzene rings is 1. The average Bonchev–Trinajstić information content (AvgIpc) is 3.15. The molecule has 1 N–H and O–H groups in total. The molecule has 0 saturated carbocycles. The van der Waals surface area contributed by atoms with Crippen molar-refractivity contribution in [2.75, 3.05) is 23.9 Å². The van der Waals surface area contributed by atoms with Gasteiger partial charge >= 0.3 is 6.03 Å². The van der Waals surface area contributed by atoms with Crippen molar-refractivity contribution >= 4 is 23.5 Å². The van der Waals surface area contributed by atoms with Gasteiger partial charge in [0, 0.05) is 36.3 Å². The van der Waals surface area contributed by atoms with E-state index < -0.39 is 0 Å². The van der Waals surface area contributed by atoms with Gasteiger partial charge in [-0.15, -0.1) is 0 Å². The van der Waals surface area contributed by atoms with E-state index in [0.29, 0.717) is 6.04 Å². The summed E-state index contributed by atoms with van der Waals surface area (Å²) in [7, 11) is 1.86. The van der Waals surface area contributed by atoms with Gasteiger partial charge in [-0.2, -0.15) is 11.8 Å². The van der Waals surface area contributed by atoms with E-state index in [0.717, 1.165) is 34.9 Å². The van der Waals surface area contributed by atoms with Crippen molar-refractivity contribution in [3.63, 3.8) is 0 Å². The second-order valence-corrected chi connectivity index (χ2v) is 6.75. The summed E-state index contributed by atoms with van der Waals surface area (Å²) < 4.78 is 0. The first kappa shape index (κ1) is 16.4. The van der Waals surface area contributed by atoms with Gasteiger partial charge in [-0.25, -0.2) is 9.78 Å². The van der Waals surface area contributed by atoms with E-state index in [1.54, 1.807) is 11.1 Å². The van der Waals surface area contributed by atoms with Crippen LogP contribution in [0.1, 0.15) is 17.7 Å². The molecule has 122 valence electrons. The lowest BCUT2D eigenvalue weighted by atomic mass is 10.2. The number of thioether (sulfide) groups is 1. The fraction of sp³-hybridized carbons (Fsp3) is 0.263. The molecule has 4 nitrogen and oxygen atoms in total. The number of nitrogens with one attached hydrogen (secondary N) is 1. The molecule has 0 unspecified atom stereocenters. The van der Waals surface area contributed by atoms with E-state index in [1.807, 2.05) is 61.3 Å². The Morgan fingerprint density at radius 3 is 2.96 bits per heavy atom. The van der Waals surface area contributed by atoms with Crippen molar-refractivity contribution in [2.24, 2.45) is 0 Å². The molecular weight excluding hydrogens is 318 g/mol. The molecule has 1 aromatic carbocycles. The van der Waals surface area contributed by atoms with Gasteiger partial charge in [-0.05, 0) is 48.4 Å². The molecule has 5 heteroatoms. The van der Waals surface area contributed by atoms with Gasteiger partial charge in [0.25, 0.3) is 0 Å². The van der Waals surface area contributed by atoms with Crippen LogP contribution in [0.15, 0.2) is 48.7 Å². The molecule has 1 atom stereocenters. The van der Waals surface area contributed by atoms with Crippen LogP contribution in [-0.4, -0.2) is 40.5 Å². The minimum Gasteiger partial charge on any atom is -0.324 e. The zero-order chi connectivity index (χ0) is 16.8. The minimum atomic E-state index is -0.0719. The molecular formula is C19H19N3OS. The second-order valence-electron chi connectivity index (χ2n) is 5.60. The van der Waals surface area contributed by atoms with E-state index in [2.05, 4.69) is 22.1 Å². The molecule has 0 radical (unpaired) electrons. The number of hydrogen-bond acceptors (Lipinski definition) is 3. The van der Waals surface area contributed by atoms with Crippen LogP contribution >= 0.6 is 11.8 Å². The van der Waals surface area contributed by atoms with Crippen LogP contribution in [0.2, 0.25) is 0 Å². The Bertz CT molecular complexity index is 761. The van der Waals surface area contributed by atoms with E-state index >= 15 is 0 Å². The lowest BCUT2D eigenvalue weighted by Gasteiger charge is -2.24. The molecule has 1 aliphatic heterocycles. The largest absolute Gasteiger partial charge is 0.324 e. The van der Waals surface area contributed by atoms with E-state index in [4.69, 9.17) is 0 Å². The monoisotopic (exact) mass is 337 g/mol. The van der Waals surface area contributed by atoms with Crippen LogP contribution in [0.5, 0.6) is 0 Å². The topological polar surface area (TPSA) is 45.2 Å². The van der Waals surface area contributed by atoms with Crippen LogP contribution in [-0.2, 0) is 0 Å². The third-order valence-electron chi connectivity index (χ3n) is 3.89. The smallest absolute Gasteiger partial charge is 0.321 e. The third kappa shape index (κ3) is 4.30. The number of nitrogens with zero attached hydrogens (tertiary/aromatic N) is 2. The van der Waals surface area contributed by atoms with Crippen molar-refractivity contribution in [3.8, 4) is 11.8 Å². The van der Waals surface area contributed by atoms with Crippen LogP contribution in [0.4, 0.5) is 10.5 Å². The first-order valence-electron chi connectivity index (χ1n) is 7.87. The summed E-state index contributed by atoms with van der Waals surface area (Å²) in [6.45, 7) is 0. The first-order chi connectivity index (χ1) is 11.7. The molecule has 1 fully saturated rings. The highest BCUT2D eigenvalue weighted by molar-refractivity contribution is 7.99. The van der Waals surface area contributed by atoms with Crippen molar-refractivity contribution < 1.29 is 4.79 Å². The van der Waals surface area contributed by atoms with Crippen molar-refractivity contribution in [2.45, 2.75) is 12.5 Å². The molecule has 0 bridgehead atoms. The molecule has 2 amide bonds. The maximum atomic E-state index is 12.3. The number of carbonyl (C=O) groups excluding carboxylic acids is 1. The number of amides is 2. The number of carbonyl (C=O) groups is 1. The zero-order valence-corrected chi connectivity index (χ0v) is 14.3. The van der Waals surface area contributed by atoms with Crippen LogP contribution in [0, 0.1) is 11.8 Å². The Morgan fingerprint density at radius 2 is 2.21 bits per heavy atom. The summed E-state index contributed by atoms with van der Waals surface area (Å²) in [4.78, 5) is 18.3. The van der Waals surface area contributed by atoms with Gasteiger partial charge in [0.15, 0.2) is 0 Å². The highest BCUT2D eigenvalue weighted by atomic mass is 32.2. The van der Waals surface area contributed by atoms with E-state index in [1.165, 1.54) is 0 Å². The number of hydrogen-bond donors (Lipinski definition) is 1. The summed E-state index contributed by atoms with van der Waals surface area (Å²) in [5, 5.41) is 2.95. The van der Waals surface area contributed by atoms with Gasteiger partial charge in [0.1, 0.15) is 5.69 Å². The molecule has 0 aliphatic carbocycles. The Balaban J connectivity index is 1.67. The molecule has 1 aromatic heterocycles. The Morgan fingerprint density at radius 1 is 1.29 bits per heavy atom. The molecule has 1 aliphatic rings. The zero-order valence-electron chi connectivity index (χ0n) is 13.5. The average molecular weight is 337 g/mol. The van der Waals surface area contributed by atoms with Gasteiger partial charge < -0.3 is 10.2 Å². The number of pyridine rings is 1. The van der Waals surface area contributed by atoms with Crippen LogP contribution in [0.3, 0.4) is 0 Å². The van der Waals surface area contributed by atoms with E-state index in [-0.39, 0.29) is 6.03 Å². The van der Waals surface area contributed by atoms with Gasteiger partial charge in [0.05, 0.1) is 0 Å². The lowest BCUT2D eigenvalue weighted by Crippen LogP contribution is -2.39. The predicted octanol–water partition coefficient (Wildman–Crippen LogP) is 3.45. The summed E-state index contributed by atoms with van der Waals surface area (Å²) in [5.74, 6) is 8.24. The summed E-state index contributed by atoms with van der Waals surface area (Å²) in [6, 6.07) is 13.5. The molecule has 24 heavy (non-hydrogen) atoms. The molecule has 0 spiro atoms. The van der Waals surface area contributed by atoms with Gasteiger partial charge in [-0.1, -0.05) is 18.1 Å². The SMILES string of the molecule is CN(C(=O)Nc1cccc(C#Cc2ccccn2)c1)[C@@H]1CCSC1. The second kappa shape index (κ2) is 7.89. The third-order valence-corrected chi connectivity index (χ3v) is 5.03. The maximum Gasteiger partial charge on any atom is 0.321 e. The number of aromatic nitrogens is 1.